The number of rotatable bonds is 4. The second-order valence-corrected chi connectivity index (χ2v) is 7.50. The smallest absolute Gasteiger partial charge is 0.0294 e. The molecule has 0 radical (unpaired) electrons. The molecule has 0 amide bonds. The second kappa shape index (κ2) is 6.32. The van der Waals surface area contributed by atoms with Crippen molar-refractivity contribution in [1.29, 1.82) is 0 Å². The van der Waals surface area contributed by atoms with Gasteiger partial charge in [-0.1, -0.05) is 45.0 Å². The van der Waals surface area contributed by atoms with Crippen LogP contribution in [0.15, 0.2) is 24.3 Å². The van der Waals surface area contributed by atoms with Crippen molar-refractivity contribution in [3.8, 4) is 0 Å². The van der Waals surface area contributed by atoms with Crippen LogP contribution in [0.25, 0.3) is 0 Å². The molecule has 106 valence electrons. The molecule has 0 bridgehead atoms. The van der Waals surface area contributed by atoms with Crippen LogP contribution in [0.3, 0.4) is 0 Å². The van der Waals surface area contributed by atoms with Crippen molar-refractivity contribution >= 4 is 11.8 Å². The monoisotopic (exact) mass is 277 g/mol. The minimum atomic E-state index is 0.420. The Morgan fingerprint density at radius 2 is 2.00 bits per heavy atom. The molecule has 1 aromatic rings. The van der Waals surface area contributed by atoms with E-state index in [1.54, 1.807) is 0 Å². The summed E-state index contributed by atoms with van der Waals surface area (Å²) in [5.41, 5.74) is 3.25. The molecule has 2 unspecified atom stereocenters. The van der Waals surface area contributed by atoms with Crippen LogP contribution in [0.1, 0.15) is 51.3 Å². The summed E-state index contributed by atoms with van der Waals surface area (Å²) >= 11 is 2.09. The van der Waals surface area contributed by atoms with Gasteiger partial charge in [-0.3, -0.25) is 0 Å². The van der Waals surface area contributed by atoms with Crippen LogP contribution >= 0.6 is 11.8 Å². The number of thioether (sulfide) groups is 1. The Kier molecular flexibility index (Phi) is 4.97. The summed E-state index contributed by atoms with van der Waals surface area (Å²) < 4.78 is 0. The lowest BCUT2D eigenvalue weighted by molar-refractivity contribution is 0.232. The van der Waals surface area contributed by atoms with Gasteiger partial charge in [0.05, 0.1) is 0 Å². The number of nitrogens with one attached hydrogen (secondary N) is 1. The van der Waals surface area contributed by atoms with Crippen LogP contribution in [-0.4, -0.2) is 17.5 Å². The predicted molar refractivity (Wildman–Crippen MR) is 86.9 cm³/mol. The molecule has 1 nitrogen and oxygen atoms in total. The fourth-order valence-corrected chi connectivity index (χ4v) is 4.27. The molecule has 2 rings (SSSR count). The highest BCUT2D eigenvalue weighted by Crippen LogP contribution is 2.35. The SMILES string of the molecule is CCc1ccc(C(C)NC2CSCCC2(C)C)cc1. The Morgan fingerprint density at radius 1 is 1.32 bits per heavy atom. The highest BCUT2D eigenvalue weighted by molar-refractivity contribution is 7.99. The van der Waals surface area contributed by atoms with Crippen molar-refractivity contribution in [2.24, 2.45) is 5.41 Å². The van der Waals surface area contributed by atoms with E-state index >= 15 is 0 Å². The van der Waals surface area contributed by atoms with E-state index in [1.807, 2.05) is 0 Å². The van der Waals surface area contributed by atoms with Gasteiger partial charge in [-0.25, -0.2) is 0 Å². The lowest BCUT2D eigenvalue weighted by Crippen LogP contribution is -2.47. The minimum Gasteiger partial charge on any atom is -0.306 e. The van der Waals surface area contributed by atoms with Crippen LogP contribution in [0.2, 0.25) is 0 Å². The maximum atomic E-state index is 3.84. The topological polar surface area (TPSA) is 12.0 Å². The average molecular weight is 277 g/mol. The molecule has 0 saturated carbocycles. The summed E-state index contributed by atoms with van der Waals surface area (Å²) in [6.07, 6.45) is 2.44. The molecule has 1 heterocycles. The first-order chi connectivity index (χ1) is 9.03. The van der Waals surface area contributed by atoms with Gasteiger partial charge in [0, 0.05) is 17.8 Å². The Hall–Kier alpha value is -0.470. The molecular weight excluding hydrogens is 250 g/mol. The third kappa shape index (κ3) is 3.76. The third-order valence-corrected chi connectivity index (χ3v) is 5.52. The Morgan fingerprint density at radius 3 is 2.58 bits per heavy atom. The van der Waals surface area contributed by atoms with Crippen LogP contribution in [-0.2, 0) is 6.42 Å². The standard InChI is InChI=1S/C17H27NS/c1-5-14-6-8-15(9-7-14)13(2)18-16-12-19-11-10-17(16,3)4/h6-9,13,16,18H,5,10-12H2,1-4H3. The quantitative estimate of drug-likeness (QED) is 0.873. The largest absolute Gasteiger partial charge is 0.306 e. The van der Waals surface area contributed by atoms with Crippen molar-refractivity contribution in [1.82, 2.24) is 5.32 Å². The highest BCUT2D eigenvalue weighted by Gasteiger charge is 2.33. The molecule has 0 aliphatic carbocycles. The Labute approximate surface area is 122 Å². The summed E-state index contributed by atoms with van der Waals surface area (Å²) in [6, 6.07) is 10.1. The molecule has 0 aromatic heterocycles. The Bertz CT molecular complexity index is 396. The fourth-order valence-electron chi connectivity index (χ4n) is 2.65. The van der Waals surface area contributed by atoms with E-state index in [9.17, 15) is 0 Å². The van der Waals surface area contributed by atoms with Gasteiger partial charge in [0.2, 0.25) is 0 Å². The van der Waals surface area contributed by atoms with E-state index in [1.165, 1.54) is 29.1 Å². The van der Waals surface area contributed by atoms with E-state index in [-0.39, 0.29) is 0 Å². The maximum Gasteiger partial charge on any atom is 0.0294 e. The van der Waals surface area contributed by atoms with Gasteiger partial charge in [0.25, 0.3) is 0 Å². The second-order valence-electron chi connectivity index (χ2n) is 6.35. The van der Waals surface area contributed by atoms with Gasteiger partial charge in [0.1, 0.15) is 0 Å². The number of aryl methyl sites for hydroxylation is 1. The highest BCUT2D eigenvalue weighted by atomic mass is 32.2. The van der Waals surface area contributed by atoms with Gasteiger partial charge in [-0.05, 0) is 42.1 Å². The van der Waals surface area contributed by atoms with E-state index in [2.05, 4.69) is 69.0 Å². The average Bonchev–Trinajstić information content (AvgIpc) is 2.41. The zero-order valence-corrected chi connectivity index (χ0v) is 13.5. The van der Waals surface area contributed by atoms with Crippen molar-refractivity contribution in [3.05, 3.63) is 35.4 Å². The van der Waals surface area contributed by atoms with Crippen molar-refractivity contribution in [2.45, 2.75) is 52.6 Å². The number of hydrogen-bond acceptors (Lipinski definition) is 2. The number of benzene rings is 1. The minimum absolute atomic E-state index is 0.420. The van der Waals surface area contributed by atoms with Crippen LogP contribution < -0.4 is 5.32 Å². The molecule has 0 spiro atoms. The molecule has 1 fully saturated rings. The first kappa shape index (κ1) is 14.9. The van der Waals surface area contributed by atoms with Gasteiger partial charge in [-0.15, -0.1) is 0 Å². The van der Waals surface area contributed by atoms with Gasteiger partial charge in [0.15, 0.2) is 0 Å². The fraction of sp³-hybridized carbons (Fsp3) is 0.647. The zero-order chi connectivity index (χ0) is 13.9. The molecule has 1 saturated heterocycles. The normalized spacial score (nSPS) is 24.1. The van der Waals surface area contributed by atoms with Gasteiger partial charge in [-0.2, -0.15) is 11.8 Å². The molecule has 19 heavy (non-hydrogen) atoms. The molecule has 2 atom stereocenters. The number of hydrogen-bond donors (Lipinski definition) is 1. The first-order valence-corrected chi connectivity index (χ1v) is 8.61. The van der Waals surface area contributed by atoms with Gasteiger partial charge < -0.3 is 5.32 Å². The lowest BCUT2D eigenvalue weighted by Gasteiger charge is -2.40. The predicted octanol–water partition coefficient (Wildman–Crippen LogP) is 4.43. The summed E-state index contributed by atoms with van der Waals surface area (Å²) in [5.74, 6) is 2.55. The van der Waals surface area contributed by atoms with E-state index < -0.39 is 0 Å². The van der Waals surface area contributed by atoms with Crippen molar-refractivity contribution < 1.29 is 0 Å². The van der Waals surface area contributed by atoms with Crippen LogP contribution in [0.5, 0.6) is 0 Å². The maximum absolute atomic E-state index is 3.84. The molecule has 2 heteroatoms. The molecule has 1 aliphatic heterocycles. The van der Waals surface area contributed by atoms with Crippen molar-refractivity contribution in [2.75, 3.05) is 11.5 Å². The van der Waals surface area contributed by atoms with E-state index in [0.717, 1.165) is 6.42 Å². The molecule has 1 aromatic carbocycles. The Balaban J connectivity index is 2.01. The molecular formula is C17H27NS. The zero-order valence-electron chi connectivity index (χ0n) is 12.7. The molecule has 1 N–H and O–H groups in total. The summed E-state index contributed by atoms with van der Waals surface area (Å²) in [6.45, 7) is 9.29. The van der Waals surface area contributed by atoms with Crippen LogP contribution in [0, 0.1) is 5.41 Å². The van der Waals surface area contributed by atoms with E-state index in [4.69, 9.17) is 0 Å². The van der Waals surface area contributed by atoms with Crippen LogP contribution in [0.4, 0.5) is 0 Å². The third-order valence-electron chi connectivity index (χ3n) is 4.46. The van der Waals surface area contributed by atoms with Gasteiger partial charge >= 0.3 is 0 Å². The van der Waals surface area contributed by atoms with Crippen molar-refractivity contribution in [3.63, 3.8) is 0 Å². The lowest BCUT2D eigenvalue weighted by atomic mass is 9.81. The van der Waals surface area contributed by atoms with E-state index in [0.29, 0.717) is 17.5 Å². The summed E-state index contributed by atoms with van der Waals surface area (Å²) in [4.78, 5) is 0. The summed E-state index contributed by atoms with van der Waals surface area (Å²) in [7, 11) is 0. The molecule has 1 aliphatic rings. The summed E-state index contributed by atoms with van der Waals surface area (Å²) in [5, 5.41) is 3.84. The first-order valence-electron chi connectivity index (χ1n) is 7.45.